The molecule has 1 fully saturated rings. The number of ketones is 1. The van der Waals surface area contributed by atoms with Crippen molar-refractivity contribution in [3.63, 3.8) is 0 Å². The number of piperazine rings is 1. The van der Waals surface area contributed by atoms with Gasteiger partial charge in [-0.05, 0) is 91.9 Å². The van der Waals surface area contributed by atoms with Gasteiger partial charge in [0.05, 0.1) is 10.6 Å². The normalized spacial score (nSPS) is 13.3. The van der Waals surface area contributed by atoms with Crippen molar-refractivity contribution < 1.29 is 32.3 Å². The van der Waals surface area contributed by atoms with Crippen LogP contribution in [0.5, 0.6) is 11.5 Å². The molecule has 232 valence electrons. The molecule has 8 nitrogen and oxygen atoms in total. The predicted octanol–water partition coefficient (Wildman–Crippen LogP) is 7.96. The molecule has 4 aromatic carbocycles. The third kappa shape index (κ3) is 7.93. The lowest BCUT2D eigenvalue weighted by atomic mass is 10.1. The number of carbonyl (C=O) groups is 3. The van der Waals surface area contributed by atoms with Crippen LogP contribution in [0.4, 0.5) is 35.0 Å². The monoisotopic (exact) mass is 636 g/mol. The van der Waals surface area contributed by atoms with E-state index in [2.05, 4.69) is 15.5 Å². The fraction of sp³-hybridized carbons (Fsp3) is 0.182. The van der Waals surface area contributed by atoms with E-state index in [-0.39, 0.29) is 17.4 Å². The Kier molecular flexibility index (Phi) is 9.29. The van der Waals surface area contributed by atoms with E-state index in [0.717, 1.165) is 17.8 Å². The Morgan fingerprint density at radius 3 is 2.04 bits per heavy atom. The molecule has 12 heteroatoms. The predicted molar refractivity (Wildman–Crippen MR) is 167 cm³/mol. The highest BCUT2D eigenvalue weighted by Crippen LogP contribution is 2.36. The number of hydrogen-bond donors (Lipinski definition) is 2. The van der Waals surface area contributed by atoms with Crippen LogP contribution in [0.3, 0.4) is 0 Å². The van der Waals surface area contributed by atoms with Gasteiger partial charge in [0.2, 0.25) is 0 Å². The molecule has 45 heavy (non-hydrogen) atoms. The Hall–Kier alpha value is -5.03. The lowest BCUT2D eigenvalue weighted by Crippen LogP contribution is -2.48. The maximum absolute atomic E-state index is 13.2. The molecule has 5 rings (SSSR count). The summed E-state index contributed by atoms with van der Waals surface area (Å²) in [6, 6.07) is 23.0. The first-order valence-electron chi connectivity index (χ1n) is 13.9. The Morgan fingerprint density at radius 1 is 0.756 bits per heavy atom. The van der Waals surface area contributed by atoms with Gasteiger partial charge in [0, 0.05) is 54.4 Å². The second-order valence-corrected chi connectivity index (χ2v) is 10.7. The number of ether oxygens (including phenoxy) is 1. The van der Waals surface area contributed by atoms with Crippen LogP contribution in [-0.4, -0.2) is 48.8 Å². The van der Waals surface area contributed by atoms with Crippen molar-refractivity contribution in [3.8, 4) is 11.5 Å². The molecule has 0 radical (unpaired) electrons. The highest BCUT2D eigenvalue weighted by atomic mass is 35.5. The summed E-state index contributed by atoms with van der Waals surface area (Å²) in [5.74, 6) is 0.804. The van der Waals surface area contributed by atoms with Crippen LogP contribution in [0.15, 0.2) is 91.0 Å². The lowest BCUT2D eigenvalue weighted by molar-refractivity contribution is -0.137. The molecule has 0 aliphatic carbocycles. The summed E-state index contributed by atoms with van der Waals surface area (Å²) in [4.78, 5) is 41.1. The van der Waals surface area contributed by atoms with Crippen LogP contribution >= 0.6 is 11.6 Å². The molecule has 1 saturated heterocycles. The molecular weight excluding hydrogens is 609 g/mol. The van der Waals surface area contributed by atoms with E-state index in [4.69, 9.17) is 16.3 Å². The van der Waals surface area contributed by atoms with Gasteiger partial charge in [0.25, 0.3) is 5.91 Å². The first-order chi connectivity index (χ1) is 21.5. The van der Waals surface area contributed by atoms with Crippen molar-refractivity contribution in [2.24, 2.45) is 0 Å². The Labute approximate surface area is 262 Å². The van der Waals surface area contributed by atoms with Gasteiger partial charge in [-0.1, -0.05) is 17.7 Å². The van der Waals surface area contributed by atoms with Crippen LogP contribution in [0, 0.1) is 0 Å². The molecular formula is C33H28ClF3N4O4. The largest absolute Gasteiger partial charge is 0.457 e. The number of hydrogen-bond acceptors (Lipinski definition) is 5. The zero-order valence-electron chi connectivity index (χ0n) is 24.0. The average molecular weight is 637 g/mol. The summed E-state index contributed by atoms with van der Waals surface area (Å²) in [5.41, 5.74) is 1.41. The number of amides is 3. The summed E-state index contributed by atoms with van der Waals surface area (Å²) in [6.07, 6.45) is -4.66. The average Bonchev–Trinajstić information content (AvgIpc) is 3.02. The zero-order chi connectivity index (χ0) is 32.1. The number of nitrogens with zero attached hydrogens (tertiary/aromatic N) is 2. The molecule has 0 atom stereocenters. The number of carbonyl (C=O) groups excluding carboxylic acids is 3. The molecule has 1 aliphatic heterocycles. The standard InChI is InChI=1S/C33H28ClF3N4O4/c1-21(42)22-5-10-26(11-6-22)40-15-17-41(18-16-40)31(43)23-3-2-4-28(19-23)45-27-12-7-24(8-13-27)38-32(44)39-25-9-14-30(34)29(20-25)33(35,36)37/h2-14,19-20H,15-18H2,1H3,(H2,38,39,44). The zero-order valence-corrected chi connectivity index (χ0v) is 24.8. The molecule has 1 heterocycles. The van der Waals surface area contributed by atoms with Crippen LogP contribution < -0.4 is 20.3 Å². The topological polar surface area (TPSA) is 91.0 Å². The van der Waals surface area contributed by atoms with E-state index in [1.807, 2.05) is 24.3 Å². The number of anilines is 3. The Balaban J connectivity index is 1.14. The minimum Gasteiger partial charge on any atom is -0.457 e. The number of rotatable bonds is 7. The smallest absolute Gasteiger partial charge is 0.417 e. The van der Waals surface area contributed by atoms with Gasteiger partial charge in [0.15, 0.2) is 5.78 Å². The molecule has 0 saturated carbocycles. The van der Waals surface area contributed by atoms with E-state index in [1.165, 1.54) is 13.0 Å². The molecule has 3 amide bonds. The summed E-state index contributed by atoms with van der Waals surface area (Å²) < 4.78 is 45.2. The number of alkyl halides is 3. The summed E-state index contributed by atoms with van der Waals surface area (Å²) >= 11 is 5.63. The molecule has 2 N–H and O–H groups in total. The van der Waals surface area contributed by atoms with Crippen molar-refractivity contribution in [2.45, 2.75) is 13.1 Å². The van der Waals surface area contributed by atoms with E-state index in [0.29, 0.717) is 54.5 Å². The fourth-order valence-electron chi connectivity index (χ4n) is 4.81. The van der Waals surface area contributed by atoms with Crippen LogP contribution in [0.1, 0.15) is 33.2 Å². The first-order valence-corrected chi connectivity index (χ1v) is 14.3. The lowest BCUT2D eigenvalue weighted by Gasteiger charge is -2.36. The second kappa shape index (κ2) is 13.3. The fourth-order valence-corrected chi connectivity index (χ4v) is 5.03. The van der Waals surface area contributed by atoms with E-state index in [1.54, 1.807) is 53.4 Å². The van der Waals surface area contributed by atoms with Crippen molar-refractivity contribution >= 4 is 46.4 Å². The quantitative estimate of drug-likeness (QED) is 0.201. The summed E-state index contributed by atoms with van der Waals surface area (Å²) in [7, 11) is 0. The van der Waals surface area contributed by atoms with Gasteiger partial charge in [-0.3, -0.25) is 9.59 Å². The van der Waals surface area contributed by atoms with Gasteiger partial charge in [0.1, 0.15) is 11.5 Å². The SMILES string of the molecule is CC(=O)c1ccc(N2CCN(C(=O)c3cccc(Oc4ccc(NC(=O)Nc5ccc(Cl)c(C(F)(F)F)c5)cc4)c3)CC2)cc1. The van der Waals surface area contributed by atoms with Crippen LogP contribution in [0.2, 0.25) is 5.02 Å². The Morgan fingerprint density at radius 2 is 1.40 bits per heavy atom. The third-order valence-electron chi connectivity index (χ3n) is 7.16. The third-order valence-corrected chi connectivity index (χ3v) is 7.49. The van der Waals surface area contributed by atoms with Crippen molar-refractivity contribution in [2.75, 3.05) is 41.7 Å². The van der Waals surface area contributed by atoms with Gasteiger partial charge in [-0.25, -0.2) is 4.79 Å². The van der Waals surface area contributed by atoms with Crippen LogP contribution in [-0.2, 0) is 6.18 Å². The molecule has 1 aliphatic rings. The van der Waals surface area contributed by atoms with E-state index in [9.17, 15) is 27.6 Å². The van der Waals surface area contributed by atoms with E-state index < -0.39 is 22.8 Å². The molecule has 0 spiro atoms. The number of halogens is 4. The molecule has 4 aromatic rings. The van der Waals surface area contributed by atoms with Gasteiger partial charge < -0.3 is 25.2 Å². The maximum atomic E-state index is 13.2. The minimum atomic E-state index is -4.66. The van der Waals surface area contributed by atoms with Crippen molar-refractivity contribution in [1.29, 1.82) is 0 Å². The van der Waals surface area contributed by atoms with Crippen molar-refractivity contribution in [1.82, 2.24) is 4.90 Å². The first kappa shape index (κ1) is 31.4. The number of benzene rings is 4. The molecule has 0 bridgehead atoms. The van der Waals surface area contributed by atoms with Gasteiger partial charge in [-0.2, -0.15) is 13.2 Å². The minimum absolute atomic E-state index is 0.0171. The van der Waals surface area contributed by atoms with Crippen molar-refractivity contribution in [3.05, 3.63) is 113 Å². The highest BCUT2D eigenvalue weighted by molar-refractivity contribution is 6.31. The second-order valence-electron chi connectivity index (χ2n) is 10.3. The number of Topliss-reactive ketones (excluding diaryl/α,β-unsaturated/α-hetero) is 1. The van der Waals surface area contributed by atoms with E-state index >= 15 is 0 Å². The summed E-state index contributed by atoms with van der Waals surface area (Å²) in [6.45, 7) is 3.94. The Bertz CT molecular complexity index is 1700. The maximum Gasteiger partial charge on any atom is 0.417 e. The van der Waals surface area contributed by atoms with Crippen LogP contribution in [0.25, 0.3) is 0 Å². The number of urea groups is 1. The number of nitrogens with one attached hydrogen (secondary N) is 2. The van der Waals surface area contributed by atoms with Gasteiger partial charge >= 0.3 is 12.2 Å². The van der Waals surface area contributed by atoms with Gasteiger partial charge in [-0.15, -0.1) is 0 Å². The molecule has 0 unspecified atom stereocenters. The highest BCUT2D eigenvalue weighted by Gasteiger charge is 2.33. The molecule has 0 aromatic heterocycles. The summed E-state index contributed by atoms with van der Waals surface area (Å²) in [5, 5.41) is 4.44.